The molecular formula is C29H42O7. The molecule has 0 aromatic heterocycles. The number of aliphatic hydroxyl groups excluding tert-OH is 3. The van der Waals surface area contributed by atoms with Gasteiger partial charge < -0.3 is 24.8 Å². The van der Waals surface area contributed by atoms with Crippen LogP contribution in [-0.4, -0.2) is 63.2 Å². The first-order valence-corrected chi connectivity index (χ1v) is 13.9. The van der Waals surface area contributed by atoms with E-state index < -0.39 is 52.9 Å². The first-order valence-electron chi connectivity index (χ1n) is 13.9. The number of hydrogen-bond donors (Lipinski definition) is 3. The first kappa shape index (κ1) is 26.2. The van der Waals surface area contributed by atoms with Crippen molar-refractivity contribution in [2.24, 2.45) is 28.6 Å². The summed E-state index contributed by atoms with van der Waals surface area (Å²) in [5, 5.41) is 33.0. The molecule has 3 unspecified atom stereocenters. The van der Waals surface area contributed by atoms with E-state index in [9.17, 15) is 24.9 Å². The summed E-state index contributed by atoms with van der Waals surface area (Å²) in [7, 11) is 0. The minimum atomic E-state index is -1.42. The van der Waals surface area contributed by atoms with Crippen LogP contribution in [0.5, 0.6) is 0 Å². The molecule has 4 aliphatic carbocycles. The van der Waals surface area contributed by atoms with Gasteiger partial charge >= 0.3 is 0 Å². The third-order valence-electron chi connectivity index (χ3n) is 10.6. The Morgan fingerprint density at radius 3 is 2.67 bits per heavy atom. The maximum Gasteiger partial charge on any atom is 0.196 e. The van der Waals surface area contributed by atoms with Crippen molar-refractivity contribution < 1.29 is 34.4 Å². The molecule has 1 aliphatic heterocycles. The fraction of sp³-hybridized carbons (Fsp3) is 0.793. The van der Waals surface area contributed by atoms with Crippen molar-refractivity contribution in [2.45, 2.75) is 109 Å². The lowest BCUT2D eigenvalue weighted by Gasteiger charge is -2.60. The molecule has 7 heteroatoms. The Hall–Kier alpha value is -1.38. The number of fused-ring (bicyclic) bond motifs is 7. The second-order valence-electron chi connectivity index (χ2n) is 12.3. The number of ether oxygens (including phenoxy) is 2. The lowest BCUT2D eigenvalue weighted by Crippen LogP contribution is -2.64. The smallest absolute Gasteiger partial charge is 0.196 e. The summed E-state index contributed by atoms with van der Waals surface area (Å²) in [6.07, 6.45) is 8.04. The highest BCUT2D eigenvalue weighted by atomic mass is 16.8. The maximum atomic E-state index is 13.7. The minimum Gasteiger partial charge on any atom is -0.393 e. The van der Waals surface area contributed by atoms with Gasteiger partial charge in [0.1, 0.15) is 12.7 Å². The van der Waals surface area contributed by atoms with Crippen LogP contribution in [0.15, 0.2) is 23.8 Å². The van der Waals surface area contributed by atoms with Crippen LogP contribution in [0, 0.1) is 28.6 Å². The molecule has 10 atom stereocenters. The molecule has 0 radical (unpaired) electrons. The number of Topliss-reactive ketones (excluding diaryl/α,β-unsaturated/α-hetero) is 1. The van der Waals surface area contributed by atoms with E-state index in [1.807, 2.05) is 26.8 Å². The van der Waals surface area contributed by atoms with E-state index in [1.54, 1.807) is 12.2 Å². The second-order valence-corrected chi connectivity index (χ2v) is 12.3. The summed E-state index contributed by atoms with van der Waals surface area (Å²) in [5.41, 5.74) is -1.51. The van der Waals surface area contributed by atoms with Crippen molar-refractivity contribution in [1.29, 1.82) is 0 Å². The number of allylic oxidation sites excluding steroid dienone is 4. The zero-order chi connectivity index (χ0) is 26.1. The molecule has 5 aliphatic rings. The number of ketones is 2. The summed E-state index contributed by atoms with van der Waals surface area (Å²) >= 11 is 0. The van der Waals surface area contributed by atoms with Crippen LogP contribution in [0.1, 0.15) is 79.1 Å². The van der Waals surface area contributed by atoms with Crippen LogP contribution in [0.25, 0.3) is 0 Å². The monoisotopic (exact) mass is 502 g/mol. The van der Waals surface area contributed by atoms with Crippen LogP contribution in [-0.2, 0) is 19.1 Å². The van der Waals surface area contributed by atoms with E-state index in [1.165, 1.54) is 0 Å². The van der Waals surface area contributed by atoms with Gasteiger partial charge in [-0.1, -0.05) is 52.2 Å². The molecule has 0 bridgehead atoms. The molecule has 1 heterocycles. The highest BCUT2D eigenvalue weighted by Crippen LogP contribution is 2.70. The molecule has 0 amide bonds. The Morgan fingerprint density at radius 2 is 2.00 bits per heavy atom. The van der Waals surface area contributed by atoms with Gasteiger partial charge in [0.2, 0.25) is 0 Å². The number of hydrogen-bond acceptors (Lipinski definition) is 7. The van der Waals surface area contributed by atoms with Crippen LogP contribution in [0.4, 0.5) is 0 Å². The molecule has 0 aromatic carbocycles. The lowest BCUT2D eigenvalue weighted by molar-refractivity contribution is -0.275. The largest absolute Gasteiger partial charge is 0.393 e. The highest BCUT2D eigenvalue weighted by molar-refractivity contribution is 6.01. The van der Waals surface area contributed by atoms with Gasteiger partial charge in [-0.25, -0.2) is 0 Å². The van der Waals surface area contributed by atoms with Gasteiger partial charge in [-0.2, -0.15) is 0 Å². The van der Waals surface area contributed by atoms with Gasteiger partial charge in [-0.05, 0) is 56.1 Å². The quantitative estimate of drug-likeness (QED) is 0.490. The predicted octanol–water partition coefficient (Wildman–Crippen LogP) is 3.25. The molecular weight excluding hydrogens is 460 g/mol. The molecule has 200 valence electrons. The number of aliphatic hydroxyl groups is 3. The standard InChI is InChI=1S/C29H42O7/c1-5-7-22(33)28(11-6-2)35-24-14-20-19-9-8-17-13-18(31)10-12-26(17,3)25(19)21(32)15-27(20,4)29(24,36-28)23(34)16-30/h10,12-13,19-22,24-25,30,32-33H,5-9,11,14-16H2,1-4H3/t19-,20-,21?,22?,24+,25+,26-,27-,28?,29+/m0/s1. The van der Waals surface area contributed by atoms with Crippen molar-refractivity contribution in [3.05, 3.63) is 23.8 Å². The van der Waals surface area contributed by atoms with E-state index in [4.69, 9.17) is 9.47 Å². The van der Waals surface area contributed by atoms with Crippen LogP contribution >= 0.6 is 0 Å². The van der Waals surface area contributed by atoms with Crippen molar-refractivity contribution in [3.63, 3.8) is 0 Å². The van der Waals surface area contributed by atoms with Crippen molar-refractivity contribution >= 4 is 11.6 Å². The molecule has 3 N–H and O–H groups in total. The van der Waals surface area contributed by atoms with Crippen molar-refractivity contribution in [3.8, 4) is 0 Å². The van der Waals surface area contributed by atoms with Gasteiger partial charge in [-0.3, -0.25) is 9.59 Å². The van der Waals surface area contributed by atoms with Gasteiger partial charge in [-0.15, -0.1) is 0 Å². The maximum absolute atomic E-state index is 13.7. The molecule has 4 fully saturated rings. The van der Waals surface area contributed by atoms with Crippen molar-refractivity contribution in [1.82, 2.24) is 0 Å². The summed E-state index contributed by atoms with van der Waals surface area (Å²) in [5.74, 6) is -1.64. The SMILES string of the molecule is CCCC(O)C1(CCC)O[C@@H]2C[C@H]3[C@@H]4CCC5=CC(=O)C=C[C@]5(C)[C@H]4C(O)C[C@]3(C)[C@]2(C(=O)CO)O1. The lowest BCUT2D eigenvalue weighted by atomic mass is 9.46. The zero-order valence-corrected chi connectivity index (χ0v) is 22.0. The highest BCUT2D eigenvalue weighted by Gasteiger charge is 2.78. The van der Waals surface area contributed by atoms with Gasteiger partial charge in [0.25, 0.3) is 0 Å². The van der Waals surface area contributed by atoms with E-state index in [2.05, 4.69) is 6.92 Å². The van der Waals surface area contributed by atoms with Crippen LogP contribution < -0.4 is 0 Å². The predicted molar refractivity (Wildman–Crippen MR) is 133 cm³/mol. The minimum absolute atomic E-state index is 0.00124. The fourth-order valence-corrected chi connectivity index (χ4v) is 9.09. The summed E-state index contributed by atoms with van der Waals surface area (Å²) in [6, 6.07) is 0. The van der Waals surface area contributed by atoms with Crippen LogP contribution in [0.2, 0.25) is 0 Å². The Kier molecular flexibility index (Phi) is 6.44. The van der Waals surface area contributed by atoms with Gasteiger partial charge in [0, 0.05) is 23.2 Å². The van der Waals surface area contributed by atoms with E-state index >= 15 is 0 Å². The number of rotatable bonds is 7. The normalized spacial score (nSPS) is 48.0. The molecule has 7 nitrogen and oxygen atoms in total. The van der Waals surface area contributed by atoms with Gasteiger partial charge in [0.15, 0.2) is 23.0 Å². The summed E-state index contributed by atoms with van der Waals surface area (Å²) < 4.78 is 13.4. The molecule has 3 saturated carbocycles. The Balaban J connectivity index is 1.57. The Bertz CT molecular complexity index is 988. The Labute approximate surface area is 213 Å². The van der Waals surface area contributed by atoms with Gasteiger partial charge in [0.05, 0.1) is 12.2 Å². The van der Waals surface area contributed by atoms with E-state index in [0.717, 1.165) is 24.8 Å². The summed E-state index contributed by atoms with van der Waals surface area (Å²) in [6.45, 7) is 7.46. The number of carbonyl (C=O) groups excluding carboxylic acids is 2. The molecule has 5 rings (SSSR count). The second kappa shape index (κ2) is 8.84. The molecule has 0 spiro atoms. The topological polar surface area (TPSA) is 113 Å². The average Bonchev–Trinajstić information content (AvgIpc) is 3.29. The zero-order valence-electron chi connectivity index (χ0n) is 22.0. The average molecular weight is 503 g/mol. The van der Waals surface area contributed by atoms with Crippen molar-refractivity contribution in [2.75, 3.05) is 6.61 Å². The third kappa shape index (κ3) is 3.29. The molecule has 36 heavy (non-hydrogen) atoms. The first-order chi connectivity index (χ1) is 17.0. The Morgan fingerprint density at radius 1 is 1.25 bits per heavy atom. The van der Waals surface area contributed by atoms with E-state index in [0.29, 0.717) is 32.1 Å². The fourth-order valence-electron chi connectivity index (χ4n) is 9.09. The van der Waals surface area contributed by atoms with E-state index in [-0.39, 0.29) is 23.5 Å². The van der Waals surface area contributed by atoms with Crippen LogP contribution in [0.3, 0.4) is 0 Å². The molecule has 1 saturated heterocycles. The summed E-state index contributed by atoms with van der Waals surface area (Å²) in [4.78, 5) is 25.8. The molecule has 0 aromatic rings. The third-order valence-corrected chi connectivity index (χ3v) is 10.6. The number of carbonyl (C=O) groups is 2.